The monoisotopic (exact) mass is 337 g/mol. The van der Waals surface area contributed by atoms with E-state index < -0.39 is 17.1 Å². The Kier molecular flexibility index (Phi) is 4.10. The molecule has 0 N–H and O–H groups in total. The van der Waals surface area contributed by atoms with E-state index in [0.717, 1.165) is 17.7 Å². The Morgan fingerprint density at radius 3 is 2.57 bits per heavy atom. The molecule has 1 fully saturated rings. The summed E-state index contributed by atoms with van der Waals surface area (Å²) in [6, 6.07) is 12.6. The van der Waals surface area contributed by atoms with E-state index in [1.807, 2.05) is 25.1 Å². The Bertz CT molecular complexity index is 745. The molecule has 0 bridgehead atoms. The van der Waals surface area contributed by atoms with Gasteiger partial charge in [0.05, 0.1) is 11.3 Å². The third-order valence-electron chi connectivity index (χ3n) is 3.65. The predicted octanol–water partition coefficient (Wildman–Crippen LogP) is 4.79. The number of amides is 1. The van der Waals surface area contributed by atoms with Crippen molar-refractivity contribution in [3.8, 4) is 0 Å². The van der Waals surface area contributed by atoms with Gasteiger partial charge in [-0.1, -0.05) is 24.3 Å². The Morgan fingerprint density at radius 1 is 1.13 bits per heavy atom. The molecular weight excluding hydrogens is 323 g/mol. The quantitative estimate of drug-likeness (QED) is 0.785. The molecule has 1 amide bonds. The van der Waals surface area contributed by atoms with Crippen molar-refractivity contribution in [2.24, 2.45) is 0 Å². The van der Waals surface area contributed by atoms with Crippen LogP contribution >= 0.6 is 11.8 Å². The summed E-state index contributed by atoms with van der Waals surface area (Å²) in [6.45, 7) is 1.91. The number of halogens is 3. The lowest BCUT2D eigenvalue weighted by Gasteiger charge is -2.25. The lowest BCUT2D eigenvalue weighted by Crippen LogP contribution is -2.28. The van der Waals surface area contributed by atoms with Gasteiger partial charge in [-0.25, -0.2) is 0 Å². The number of carbonyl (C=O) groups is 1. The van der Waals surface area contributed by atoms with E-state index in [1.54, 1.807) is 17.0 Å². The summed E-state index contributed by atoms with van der Waals surface area (Å²) in [5.41, 5.74) is 1.49. The van der Waals surface area contributed by atoms with Crippen LogP contribution in [0.25, 0.3) is 0 Å². The van der Waals surface area contributed by atoms with Crippen molar-refractivity contribution in [2.45, 2.75) is 18.5 Å². The minimum atomic E-state index is -4.39. The van der Waals surface area contributed by atoms with Crippen LogP contribution in [-0.2, 0) is 11.0 Å². The number of hydrogen-bond donors (Lipinski definition) is 0. The zero-order valence-corrected chi connectivity index (χ0v) is 13.1. The number of rotatable bonds is 2. The van der Waals surface area contributed by atoms with Crippen LogP contribution < -0.4 is 4.90 Å². The van der Waals surface area contributed by atoms with E-state index >= 15 is 0 Å². The van der Waals surface area contributed by atoms with Crippen LogP contribution in [0.2, 0.25) is 0 Å². The molecule has 120 valence electrons. The first-order chi connectivity index (χ1) is 10.9. The van der Waals surface area contributed by atoms with Gasteiger partial charge < -0.3 is 0 Å². The molecule has 1 atom stereocenters. The van der Waals surface area contributed by atoms with E-state index in [4.69, 9.17) is 0 Å². The zero-order valence-electron chi connectivity index (χ0n) is 12.3. The molecule has 0 saturated carbocycles. The van der Waals surface area contributed by atoms with Crippen LogP contribution in [0.15, 0.2) is 48.5 Å². The molecule has 2 nitrogen and oxygen atoms in total. The van der Waals surface area contributed by atoms with Crippen LogP contribution in [0.5, 0.6) is 0 Å². The van der Waals surface area contributed by atoms with Gasteiger partial charge in [-0.2, -0.15) is 13.2 Å². The average molecular weight is 337 g/mol. The molecule has 3 rings (SSSR count). The van der Waals surface area contributed by atoms with Crippen molar-refractivity contribution in [3.05, 3.63) is 65.2 Å². The van der Waals surface area contributed by atoms with Gasteiger partial charge in [0, 0.05) is 5.69 Å². The smallest absolute Gasteiger partial charge is 0.295 e. The van der Waals surface area contributed by atoms with Crippen LogP contribution in [0.3, 0.4) is 0 Å². The number of nitrogens with zero attached hydrogens (tertiary/aromatic N) is 1. The second-order valence-corrected chi connectivity index (χ2v) is 6.46. The van der Waals surface area contributed by atoms with Crippen molar-refractivity contribution in [3.63, 3.8) is 0 Å². The Hall–Kier alpha value is -1.95. The maximum absolute atomic E-state index is 12.9. The fourth-order valence-electron chi connectivity index (χ4n) is 2.60. The predicted molar refractivity (Wildman–Crippen MR) is 85.3 cm³/mol. The van der Waals surface area contributed by atoms with Crippen LogP contribution in [0, 0.1) is 6.92 Å². The average Bonchev–Trinajstić information content (AvgIpc) is 2.88. The highest BCUT2D eigenvalue weighted by Crippen LogP contribution is 2.43. The molecule has 0 aromatic heterocycles. The molecule has 0 aliphatic carbocycles. The first-order valence-electron chi connectivity index (χ1n) is 7.04. The number of benzene rings is 2. The summed E-state index contributed by atoms with van der Waals surface area (Å²) >= 11 is 1.34. The molecule has 2 aromatic rings. The van der Waals surface area contributed by atoms with E-state index in [0.29, 0.717) is 11.3 Å². The number of alkyl halides is 3. The highest BCUT2D eigenvalue weighted by Gasteiger charge is 2.36. The summed E-state index contributed by atoms with van der Waals surface area (Å²) in [5, 5.41) is -0.438. The first kappa shape index (κ1) is 15.9. The van der Waals surface area contributed by atoms with Crippen molar-refractivity contribution >= 4 is 23.4 Å². The minimum absolute atomic E-state index is 0.0944. The van der Waals surface area contributed by atoms with E-state index in [1.165, 1.54) is 17.8 Å². The normalized spacial score (nSPS) is 18.5. The molecule has 1 saturated heterocycles. The largest absolute Gasteiger partial charge is 0.416 e. The Morgan fingerprint density at radius 2 is 1.87 bits per heavy atom. The van der Waals surface area contributed by atoms with Gasteiger partial charge in [-0.05, 0) is 42.3 Å². The molecule has 1 aliphatic rings. The maximum atomic E-state index is 12.9. The molecule has 1 heterocycles. The minimum Gasteiger partial charge on any atom is -0.295 e. The Balaban J connectivity index is 2.00. The van der Waals surface area contributed by atoms with Crippen molar-refractivity contribution < 1.29 is 18.0 Å². The summed E-state index contributed by atoms with van der Waals surface area (Å²) in [7, 11) is 0. The molecular formula is C17H14F3NOS. The number of carbonyl (C=O) groups excluding carboxylic acids is 1. The van der Waals surface area contributed by atoms with Crippen LogP contribution in [0.4, 0.5) is 18.9 Å². The number of anilines is 1. The zero-order chi connectivity index (χ0) is 16.6. The number of thioether (sulfide) groups is 1. The van der Waals surface area contributed by atoms with E-state index in [-0.39, 0.29) is 11.7 Å². The molecule has 0 unspecified atom stereocenters. The van der Waals surface area contributed by atoms with E-state index in [2.05, 4.69) is 0 Å². The van der Waals surface area contributed by atoms with Crippen LogP contribution in [-0.4, -0.2) is 11.7 Å². The summed E-state index contributed by atoms with van der Waals surface area (Å²) in [4.78, 5) is 13.8. The summed E-state index contributed by atoms with van der Waals surface area (Å²) < 4.78 is 38.8. The van der Waals surface area contributed by atoms with Crippen molar-refractivity contribution in [1.82, 2.24) is 0 Å². The fourth-order valence-corrected chi connectivity index (χ4v) is 3.76. The third kappa shape index (κ3) is 3.22. The lowest BCUT2D eigenvalue weighted by atomic mass is 10.1. The van der Waals surface area contributed by atoms with Crippen LogP contribution in [0.1, 0.15) is 22.1 Å². The standard InChI is InChI=1S/C17H14F3NOS/c1-11-4-2-7-14(8-11)21-15(22)10-23-16(21)12-5-3-6-13(9-12)17(18,19)20/h2-9,16H,10H2,1H3/t16-/m0/s1. The topological polar surface area (TPSA) is 20.3 Å². The molecule has 2 aromatic carbocycles. The lowest BCUT2D eigenvalue weighted by molar-refractivity contribution is -0.137. The molecule has 0 radical (unpaired) electrons. The van der Waals surface area contributed by atoms with E-state index in [9.17, 15) is 18.0 Å². The highest BCUT2D eigenvalue weighted by molar-refractivity contribution is 8.00. The summed E-state index contributed by atoms with van der Waals surface area (Å²) in [5.74, 6) is 0.164. The number of aryl methyl sites for hydroxylation is 1. The molecule has 0 spiro atoms. The second-order valence-electron chi connectivity index (χ2n) is 5.39. The maximum Gasteiger partial charge on any atom is 0.416 e. The van der Waals surface area contributed by atoms with Gasteiger partial charge >= 0.3 is 6.18 Å². The SMILES string of the molecule is Cc1cccc(N2C(=O)CS[C@H]2c2cccc(C(F)(F)F)c2)c1. The Labute approximate surface area is 136 Å². The van der Waals surface area contributed by atoms with Gasteiger partial charge in [-0.3, -0.25) is 9.69 Å². The van der Waals surface area contributed by atoms with Crippen molar-refractivity contribution in [1.29, 1.82) is 0 Å². The van der Waals surface area contributed by atoms with Crippen molar-refractivity contribution in [2.75, 3.05) is 10.7 Å². The second kappa shape index (κ2) is 5.92. The molecule has 1 aliphatic heterocycles. The first-order valence-corrected chi connectivity index (χ1v) is 8.08. The molecule has 23 heavy (non-hydrogen) atoms. The van der Waals surface area contributed by atoms with Gasteiger partial charge in [0.1, 0.15) is 5.37 Å². The van der Waals surface area contributed by atoms with Gasteiger partial charge in [0.25, 0.3) is 0 Å². The van der Waals surface area contributed by atoms with Gasteiger partial charge in [0.2, 0.25) is 5.91 Å². The van der Waals surface area contributed by atoms with Gasteiger partial charge in [0.15, 0.2) is 0 Å². The highest BCUT2D eigenvalue weighted by atomic mass is 32.2. The third-order valence-corrected chi connectivity index (χ3v) is 4.86. The summed E-state index contributed by atoms with van der Waals surface area (Å²) in [6.07, 6.45) is -4.39. The molecule has 6 heteroatoms. The van der Waals surface area contributed by atoms with Gasteiger partial charge in [-0.15, -0.1) is 11.8 Å². The fraction of sp³-hybridized carbons (Fsp3) is 0.235. The number of hydrogen-bond acceptors (Lipinski definition) is 2.